The Balaban J connectivity index is 1.56. The van der Waals surface area contributed by atoms with Gasteiger partial charge in [-0.15, -0.1) is 0 Å². The fraction of sp³-hybridized carbons (Fsp3) is 0.267. The Kier molecular flexibility index (Phi) is 9.16. The molecule has 0 spiro atoms. The summed E-state index contributed by atoms with van der Waals surface area (Å²) < 4.78 is 47.2. The first kappa shape index (κ1) is 28.1. The molecule has 0 amide bonds. The van der Waals surface area contributed by atoms with Gasteiger partial charge in [-0.3, -0.25) is 4.79 Å². The summed E-state index contributed by atoms with van der Waals surface area (Å²) in [6.45, 7) is 2.67. The van der Waals surface area contributed by atoms with Crippen LogP contribution in [0.3, 0.4) is 0 Å². The molecule has 0 aliphatic heterocycles. The highest BCUT2D eigenvalue weighted by molar-refractivity contribution is 5.92. The molecule has 1 aromatic heterocycles. The predicted molar refractivity (Wildman–Crippen MR) is 144 cm³/mol. The number of halogens is 3. The largest absolute Gasteiger partial charge is 0.456 e. The van der Waals surface area contributed by atoms with E-state index in [1.54, 1.807) is 0 Å². The van der Waals surface area contributed by atoms with Gasteiger partial charge in [-0.2, -0.15) is 0 Å². The Bertz CT molecular complexity index is 1450. The lowest BCUT2D eigenvalue weighted by Gasteiger charge is -2.25. The van der Waals surface area contributed by atoms with Crippen molar-refractivity contribution in [3.05, 3.63) is 122 Å². The molecular formula is C30H30F3N3O3. The molecule has 9 heteroatoms. The first-order chi connectivity index (χ1) is 18.7. The van der Waals surface area contributed by atoms with Gasteiger partial charge in [0, 0.05) is 37.0 Å². The minimum absolute atomic E-state index is 0.00556. The number of carbonyl (C=O) groups excluding carboxylic acids is 1. The Labute approximate surface area is 224 Å². The number of hydrogen-bond acceptors (Lipinski definition) is 5. The summed E-state index contributed by atoms with van der Waals surface area (Å²) >= 11 is 0. The van der Waals surface area contributed by atoms with Crippen LogP contribution in [0.4, 0.5) is 13.2 Å². The average Bonchev–Trinajstić information content (AvgIpc) is 3.08. The minimum Gasteiger partial charge on any atom is -0.456 e. The number of nitrogens with one attached hydrogen (secondary N) is 2. The second-order valence-corrected chi connectivity index (χ2v) is 9.46. The van der Waals surface area contributed by atoms with Crippen LogP contribution in [0.15, 0.2) is 71.3 Å². The van der Waals surface area contributed by atoms with Gasteiger partial charge in [0.15, 0.2) is 0 Å². The monoisotopic (exact) mass is 537 g/mol. The van der Waals surface area contributed by atoms with Gasteiger partial charge >= 0.3 is 5.97 Å². The van der Waals surface area contributed by atoms with Crippen molar-refractivity contribution in [1.29, 1.82) is 0 Å². The molecule has 0 fully saturated rings. The van der Waals surface area contributed by atoms with Gasteiger partial charge in [0.05, 0.1) is 5.56 Å². The number of fused-ring (bicyclic) bond motifs is 1. The summed E-state index contributed by atoms with van der Waals surface area (Å²) in [4.78, 5) is 28.2. The molecule has 2 unspecified atom stereocenters. The number of ether oxygens (including phenoxy) is 1. The zero-order chi connectivity index (χ0) is 27.9. The summed E-state index contributed by atoms with van der Waals surface area (Å²) in [7, 11) is 0. The molecule has 0 radical (unpaired) electrons. The van der Waals surface area contributed by atoms with E-state index in [-0.39, 0.29) is 24.9 Å². The molecule has 4 rings (SSSR count). The smallest absolute Gasteiger partial charge is 0.339 e. The second-order valence-electron chi connectivity index (χ2n) is 9.46. The van der Waals surface area contributed by atoms with Crippen LogP contribution in [0.2, 0.25) is 0 Å². The lowest BCUT2D eigenvalue weighted by atomic mass is 10.0. The van der Waals surface area contributed by atoms with Crippen molar-refractivity contribution in [3.8, 4) is 0 Å². The van der Waals surface area contributed by atoms with E-state index in [1.165, 1.54) is 35.9 Å². The zero-order valence-electron chi connectivity index (χ0n) is 21.5. The summed E-state index contributed by atoms with van der Waals surface area (Å²) in [6, 6.07) is 11.4. The third-order valence-electron chi connectivity index (χ3n) is 6.52. The topological polar surface area (TPSA) is 97.2 Å². The summed E-state index contributed by atoms with van der Waals surface area (Å²) in [5.74, 6) is -2.77. The molecule has 6 nitrogen and oxygen atoms in total. The normalized spacial score (nSPS) is 14.2. The van der Waals surface area contributed by atoms with Gasteiger partial charge in [0.25, 0.3) is 0 Å². The van der Waals surface area contributed by atoms with Gasteiger partial charge in [-0.1, -0.05) is 31.2 Å². The van der Waals surface area contributed by atoms with Crippen molar-refractivity contribution in [3.63, 3.8) is 0 Å². The SMILES string of the molecule is CCc1cccc(CNCC(OC(=O)c2cc(=O)[nH]c3c2CC=C(F)C=C3)C(N)Cc2cc(F)cc(F)c2)c1. The highest BCUT2D eigenvalue weighted by atomic mass is 19.1. The molecule has 2 aromatic carbocycles. The molecule has 4 N–H and O–H groups in total. The molecule has 0 saturated carbocycles. The quantitative estimate of drug-likeness (QED) is 0.331. The summed E-state index contributed by atoms with van der Waals surface area (Å²) in [5.41, 5.74) is 9.10. The van der Waals surface area contributed by atoms with E-state index >= 15 is 0 Å². The van der Waals surface area contributed by atoms with Crippen molar-refractivity contribution in [2.75, 3.05) is 6.54 Å². The number of aryl methyl sites for hydroxylation is 1. The zero-order valence-corrected chi connectivity index (χ0v) is 21.5. The van der Waals surface area contributed by atoms with Gasteiger partial charge in [0.1, 0.15) is 23.6 Å². The highest BCUT2D eigenvalue weighted by Crippen LogP contribution is 2.21. The van der Waals surface area contributed by atoms with Crippen molar-refractivity contribution >= 4 is 12.0 Å². The Morgan fingerprint density at radius 3 is 2.54 bits per heavy atom. The highest BCUT2D eigenvalue weighted by Gasteiger charge is 2.26. The second kappa shape index (κ2) is 12.7. The van der Waals surface area contributed by atoms with E-state index in [2.05, 4.69) is 23.3 Å². The van der Waals surface area contributed by atoms with Crippen LogP contribution < -0.4 is 16.6 Å². The van der Waals surface area contributed by atoms with Crippen molar-refractivity contribution in [2.24, 2.45) is 5.73 Å². The van der Waals surface area contributed by atoms with Crippen LogP contribution in [0, 0.1) is 11.6 Å². The standard InChI is InChI=1S/C30H30F3N3O3/c1-2-18-4-3-5-19(10-18)16-35-17-28(26(34)13-20-11-22(32)14-23(33)12-20)39-30(38)25-15-29(37)36-27-9-7-21(31)6-8-24(25)27/h3-7,9-12,14-15,26,28,35H,2,8,13,16-17,34H2,1H3,(H,36,37). The number of hydrogen-bond donors (Lipinski definition) is 3. The molecule has 2 atom stereocenters. The van der Waals surface area contributed by atoms with E-state index in [1.807, 2.05) is 18.2 Å². The molecule has 204 valence electrons. The fourth-order valence-corrected chi connectivity index (χ4v) is 4.51. The maximum absolute atomic E-state index is 13.8. The number of aromatic amines is 1. The first-order valence-electron chi connectivity index (χ1n) is 12.7. The summed E-state index contributed by atoms with van der Waals surface area (Å²) in [5, 5.41) is 3.25. The summed E-state index contributed by atoms with van der Waals surface area (Å²) in [6.07, 6.45) is 3.96. The minimum atomic E-state index is -0.915. The lowest BCUT2D eigenvalue weighted by Crippen LogP contribution is -2.46. The van der Waals surface area contributed by atoms with Gasteiger partial charge in [-0.25, -0.2) is 18.0 Å². The molecule has 3 aromatic rings. The number of nitrogens with two attached hydrogens (primary N) is 1. The predicted octanol–water partition coefficient (Wildman–Crippen LogP) is 4.52. The maximum atomic E-state index is 13.8. The number of carbonyl (C=O) groups is 1. The fourth-order valence-electron chi connectivity index (χ4n) is 4.51. The lowest BCUT2D eigenvalue weighted by molar-refractivity contribution is 0.0236. The Morgan fingerprint density at radius 2 is 1.79 bits per heavy atom. The van der Waals surface area contributed by atoms with Crippen LogP contribution in [-0.2, 0) is 30.5 Å². The average molecular weight is 538 g/mol. The van der Waals surface area contributed by atoms with Crippen LogP contribution in [0.1, 0.15) is 45.2 Å². The van der Waals surface area contributed by atoms with Gasteiger partial charge in [-0.05, 0) is 71.9 Å². The number of esters is 1. The van der Waals surface area contributed by atoms with Crippen molar-refractivity contribution in [2.45, 2.75) is 44.9 Å². The molecule has 1 heterocycles. The van der Waals surface area contributed by atoms with Gasteiger partial charge < -0.3 is 20.8 Å². The van der Waals surface area contributed by atoms with Crippen LogP contribution in [0.25, 0.3) is 6.08 Å². The molecule has 1 aliphatic carbocycles. The molecule has 0 bridgehead atoms. The first-order valence-corrected chi connectivity index (χ1v) is 12.7. The number of aromatic nitrogens is 1. The van der Waals surface area contributed by atoms with Crippen molar-refractivity contribution < 1.29 is 22.7 Å². The number of pyridine rings is 1. The molecule has 0 saturated heterocycles. The van der Waals surface area contributed by atoms with Crippen LogP contribution in [-0.4, -0.2) is 29.6 Å². The van der Waals surface area contributed by atoms with Crippen LogP contribution in [0.5, 0.6) is 0 Å². The number of rotatable bonds is 10. The molecular weight excluding hydrogens is 507 g/mol. The Morgan fingerprint density at radius 1 is 1.05 bits per heavy atom. The third kappa shape index (κ3) is 7.55. The van der Waals surface area contributed by atoms with Crippen molar-refractivity contribution in [1.82, 2.24) is 10.3 Å². The van der Waals surface area contributed by atoms with Gasteiger partial charge in [0.2, 0.25) is 5.56 Å². The number of allylic oxidation sites excluding steroid dienone is 3. The maximum Gasteiger partial charge on any atom is 0.339 e. The molecule has 1 aliphatic rings. The third-order valence-corrected chi connectivity index (χ3v) is 6.52. The van der Waals surface area contributed by atoms with E-state index in [0.717, 1.165) is 24.1 Å². The van der Waals surface area contributed by atoms with E-state index in [9.17, 15) is 22.8 Å². The van der Waals surface area contributed by atoms with Crippen LogP contribution >= 0.6 is 0 Å². The van der Waals surface area contributed by atoms with E-state index in [0.29, 0.717) is 23.4 Å². The number of benzene rings is 2. The van der Waals surface area contributed by atoms with E-state index in [4.69, 9.17) is 10.5 Å². The molecule has 39 heavy (non-hydrogen) atoms. The number of H-pyrrole nitrogens is 1. The van der Waals surface area contributed by atoms with E-state index < -0.39 is 41.1 Å². The Hall–Kier alpha value is -3.95.